The number of carbonyl (C=O) groups excluding carboxylic acids is 4. The van der Waals surface area contributed by atoms with Crippen LogP contribution in [0.3, 0.4) is 0 Å². The monoisotopic (exact) mass is 983 g/mol. The van der Waals surface area contributed by atoms with E-state index < -0.39 is 0 Å². The van der Waals surface area contributed by atoms with Gasteiger partial charge in [-0.25, -0.2) is 19.2 Å². The molecule has 0 heterocycles. The van der Waals surface area contributed by atoms with Crippen LogP contribution in [0.25, 0.3) is 0 Å². The molecule has 17 heteroatoms. The van der Waals surface area contributed by atoms with E-state index in [1.165, 1.54) is 0 Å². The highest BCUT2D eigenvalue weighted by Crippen LogP contribution is 2.14. The fraction of sp³-hybridized carbons (Fsp3) is 0.568. The Labute approximate surface area is 348 Å². The predicted molar refractivity (Wildman–Crippen MR) is 245 cm³/mol. The molecule has 0 radical (unpaired) electrons. The van der Waals surface area contributed by atoms with Gasteiger partial charge in [-0.1, -0.05) is 27.7 Å². The number of hydrogen-bond acceptors (Lipinski definition) is 7. The maximum absolute atomic E-state index is 12.3. The first-order chi connectivity index (χ1) is 26.0. The lowest BCUT2D eigenvalue weighted by Crippen LogP contribution is -2.33. The van der Waals surface area contributed by atoms with Gasteiger partial charge < -0.3 is 57.2 Å². The van der Waals surface area contributed by atoms with E-state index in [4.69, 9.17) is 0 Å². The Balaban J connectivity index is 0. The second-order valence-electron chi connectivity index (χ2n) is 12.0. The van der Waals surface area contributed by atoms with Crippen LogP contribution in [-0.2, 0) is 0 Å². The number of anilines is 4. The second kappa shape index (κ2) is 35.6. The number of amides is 8. The van der Waals surface area contributed by atoms with Crippen molar-refractivity contribution in [2.45, 2.75) is 53.4 Å². The van der Waals surface area contributed by atoms with E-state index in [1.807, 2.05) is 62.9 Å². The largest absolute Gasteiger partial charge is 0.338 e. The van der Waals surface area contributed by atoms with Crippen molar-refractivity contribution in [1.29, 1.82) is 0 Å². The quantitative estimate of drug-likeness (QED) is 0.0508. The Morgan fingerprint density at radius 1 is 0.426 bits per heavy atom. The van der Waals surface area contributed by atoms with Gasteiger partial charge in [0.15, 0.2) is 0 Å². The number of benzene rings is 2. The van der Waals surface area contributed by atoms with Crippen LogP contribution in [0.5, 0.6) is 0 Å². The number of rotatable bonds is 20. The fourth-order valence-corrected chi connectivity index (χ4v) is 4.38. The van der Waals surface area contributed by atoms with Crippen LogP contribution in [-0.4, -0.2) is 126 Å². The normalized spacial score (nSPS) is 9.96. The van der Waals surface area contributed by atoms with Crippen LogP contribution < -0.4 is 42.5 Å². The third-order valence-corrected chi connectivity index (χ3v) is 6.94. The van der Waals surface area contributed by atoms with Crippen molar-refractivity contribution < 1.29 is 19.2 Å². The first kappa shape index (κ1) is 53.0. The maximum Gasteiger partial charge on any atom is 0.319 e. The van der Waals surface area contributed by atoms with Crippen LogP contribution in [0.2, 0.25) is 0 Å². The summed E-state index contributed by atoms with van der Waals surface area (Å²) in [4.78, 5) is 54.8. The van der Waals surface area contributed by atoms with Gasteiger partial charge in [0.2, 0.25) is 0 Å². The summed E-state index contributed by atoms with van der Waals surface area (Å²) >= 11 is 4.24. The first-order valence-corrected chi connectivity index (χ1v) is 24.8. The Kier molecular flexibility index (Phi) is 34.9. The van der Waals surface area contributed by atoms with Gasteiger partial charge in [-0.3, -0.25) is 0 Å². The molecule has 0 aromatic heterocycles. The van der Waals surface area contributed by atoms with E-state index in [9.17, 15) is 19.2 Å². The van der Waals surface area contributed by atoms with Crippen molar-refractivity contribution in [2.24, 2.45) is 0 Å². The molecule has 8 N–H and O–H groups in total. The second-order valence-corrected chi connectivity index (χ2v) is 12.0. The molecule has 0 unspecified atom stereocenters. The minimum absolute atomic E-state index is 0.263. The number of carbonyl (C=O) groups is 4. The van der Waals surface area contributed by atoms with E-state index in [0.29, 0.717) is 48.9 Å². The third kappa shape index (κ3) is 30.2. The van der Waals surface area contributed by atoms with Crippen LogP contribution in [0.15, 0.2) is 48.5 Å². The Morgan fingerprint density at radius 3 is 0.833 bits per heavy atom. The lowest BCUT2D eigenvalue weighted by atomic mass is 10.3. The summed E-state index contributed by atoms with van der Waals surface area (Å²) in [6.45, 7) is 13.6. The number of nitrogens with zero attached hydrogens (tertiary/aromatic N) is 3. The third-order valence-electron chi connectivity index (χ3n) is 6.94. The lowest BCUT2D eigenvalue weighted by Gasteiger charge is -2.17. The van der Waals surface area contributed by atoms with E-state index in [0.717, 1.165) is 51.9 Å². The summed E-state index contributed by atoms with van der Waals surface area (Å²) in [6, 6.07) is 12.7. The first-order valence-electron chi connectivity index (χ1n) is 18.5. The molecule has 2 aromatic rings. The Morgan fingerprint density at radius 2 is 0.630 bits per heavy atom. The van der Waals surface area contributed by atoms with E-state index >= 15 is 0 Å². The molecule has 0 fully saturated rings. The molecule has 0 atom stereocenters. The summed E-state index contributed by atoms with van der Waals surface area (Å²) in [5.74, 6) is 0. The van der Waals surface area contributed by atoms with E-state index in [2.05, 4.69) is 94.5 Å². The Hall–Kier alpha value is -3.14. The molecular weight excluding hydrogens is 916 g/mol. The van der Waals surface area contributed by atoms with Crippen LogP contribution in [0.1, 0.15) is 53.4 Å². The van der Waals surface area contributed by atoms with Crippen molar-refractivity contribution >= 4 is 84.1 Å². The zero-order valence-electron chi connectivity index (χ0n) is 33.8. The molecule has 308 valence electrons. The predicted octanol–water partition coefficient (Wildman–Crippen LogP) is 7.31. The SMILES string of the molecule is CC.CC.CN(C)CCCNC(=O)Nc1ccc(NC(=O)NCCCN(C)CCCNC(=O)Nc2ccc(NC(=O)NCCCN(C)C)cc2)cc1.II. The minimum Gasteiger partial charge on any atom is -0.338 e. The van der Waals surface area contributed by atoms with Gasteiger partial charge in [0, 0.05) is 86.2 Å². The summed E-state index contributed by atoms with van der Waals surface area (Å²) in [5.41, 5.74) is 2.52. The molecule has 8 amide bonds. The highest BCUT2D eigenvalue weighted by atomic mass is 128. The van der Waals surface area contributed by atoms with Gasteiger partial charge in [-0.15, -0.1) is 0 Å². The van der Waals surface area contributed by atoms with Crippen LogP contribution >= 0.6 is 37.2 Å². The van der Waals surface area contributed by atoms with E-state index in [-0.39, 0.29) is 24.1 Å². The average Bonchev–Trinajstić information content (AvgIpc) is 3.16. The maximum atomic E-state index is 12.3. The molecule has 2 aromatic carbocycles. The number of urea groups is 4. The molecule has 0 aliphatic heterocycles. The standard InChI is InChI=1S/C33H55N11O4.2C2H6.I2/c1-42(2)22-6-18-34-30(45)38-26-10-14-28(15-11-26)40-32(47)36-20-8-24-44(5)25-9-21-37-33(48)41-29-16-12-27(13-17-29)39-31(46)35-19-7-23-43(3)4;3*1-2/h10-17H,6-9,18-25H2,1-5H3,(H2,34,38,45)(H2,35,39,46)(H2,36,40,47)(H2,37,41,48);2*1-2H3;. The number of halogens is 2. The summed E-state index contributed by atoms with van der Waals surface area (Å²) < 4.78 is 0. The molecule has 15 nitrogen and oxygen atoms in total. The van der Waals surface area contributed by atoms with Gasteiger partial charge in [0.1, 0.15) is 0 Å². The van der Waals surface area contributed by atoms with Crippen molar-refractivity contribution in [1.82, 2.24) is 36.0 Å². The van der Waals surface area contributed by atoms with Gasteiger partial charge in [-0.2, -0.15) is 0 Å². The molecule has 0 aliphatic rings. The van der Waals surface area contributed by atoms with E-state index in [1.54, 1.807) is 48.5 Å². The molecule has 0 saturated carbocycles. The van der Waals surface area contributed by atoms with Gasteiger partial charge in [0.25, 0.3) is 0 Å². The summed E-state index contributed by atoms with van der Waals surface area (Å²) in [7, 11) is 9.96. The zero-order chi connectivity index (χ0) is 41.1. The molecule has 0 saturated heterocycles. The molecule has 0 aliphatic carbocycles. The topological polar surface area (TPSA) is 174 Å². The van der Waals surface area contributed by atoms with Crippen molar-refractivity contribution in [3.8, 4) is 0 Å². The zero-order valence-corrected chi connectivity index (χ0v) is 38.1. The molecule has 0 spiro atoms. The van der Waals surface area contributed by atoms with Crippen molar-refractivity contribution in [2.75, 3.05) is 109 Å². The average molecular weight is 984 g/mol. The minimum atomic E-state index is -0.297. The Bertz CT molecular complexity index is 1160. The van der Waals surface area contributed by atoms with Gasteiger partial charge >= 0.3 is 24.1 Å². The molecular formula is C37H67I2N11O4. The van der Waals surface area contributed by atoms with Crippen molar-refractivity contribution in [3.05, 3.63) is 48.5 Å². The van der Waals surface area contributed by atoms with Crippen LogP contribution in [0.4, 0.5) is 41.9 Å². The summed E-state index contributed by atoms with van der Waals surface area (Å²) in [5, 5.41) is 22.5. The molecule has 54 heavy (non-hydrogen) atoms. The fourth-order valence-electron chi connectivity index (χ4n) is 4.38. The van der Waals surface area contributed by atoms with Gasteiger partial charge in [-0.05, 0) is 136 Å². The molecule has 2 rings (SSSR count). The highest BCUT2D eigenvalue weighted by Gasteiger charge is 2.07. The van der Waals surface area contributed by atoms with Gasteiger partial charge in [0.05, 0.1) is 0 Å². The van der Waals surface area contributed by atoms with Crippen LogP contribution in [0, 0.1) is 0 Å². The lowest BCUT2D eigenvalue weighted by molar-refractivity contribution is 0.249. The van der Waals surface area contributed by atoms with Crippen molar-refractivity contribution in [3.63, 3.8) is 0 Å². The number of nitrogens with one attached hydrogen (secondary N) is 8. The summed E-state index contributed by atoms with van der Waals surface area (Å²) in [6.07, 6.45) is 3.28. The number of hydrogen-bond donors (Lipinski definition) is 8. The smallest absolute Gasteiger partial charge is 0.319 e. The molecule has 0 bridgehead atoms. The highest BCUT2D eigenvalue weighted by molar-refractivity contribution is 15.0.